The van der Waals surface area contributed by atoms with E-state index in [1.165, 1.54) is 18.3 Å². The molecule has 0 amide bonds. The molecular formula is C22H18F3N5. The molecule has 0 saturated heterocycles. The number of nitrogens with zero attached hydrogens (tertiary/aromatic N) is 2. The van der Waals surface area contributed by atoms with Gasteiger partial charge in [-0.05, 0) is 49.0 Å². The summed E-state index contributed by atoms with van der Waals surface area (Å²) < 4.78 is 40.6. The van der Waals surface area contributed by atoms with Crippen molar-refractivity contribution in [2.75, 3.05) is 5.32 Å². The molecule has 0 saturated carbocycles. The van der Waals surface area contributed by atoms with Crippen molar-refractivity contribution in [2.24, 2.45) is 5.73 Å². The second kappa shape index (κ2) is 7.55. The molecule has 4 aromatic rings. The summed E-state index contributed by atoms with van der Waals surface area (Å²) in [5.74, 6) is 0.881. The van der Waals surface area contributed by atoms with Gasteiger partial charge < -0.3 is 11.1 Å². The van der Waals surface area contributed by atoms with Crippen LogP contribution in [0.5, 0.6) is 0 Å². The minimum absolute atomic E-state index is 0.00585. The molecule has 4 N–H and O–H groups in total. The van der Waals surface area contributed by atoms with E-state index in [4.69, 9.17) is 5.73 Å². The molecule has 8 heteroatoms. The molecule has 152 valence electrons. The summed E-state index contributed by atoms with van der Waals surface area (Å²) in [5, 5.41) is 11.2. The van der Waals surface area contributed by atoms with Gasteiger partial charge in [0.2, 0.25) is 0 Å². The molecule has 0 aliphatic rings. The molecule has 0 spiro atoms. The first-order chi connectivity index (χ1) is 14.4. The highest BCUT2D eigenvalue weighted by molar-refractivity contribution is 5.92. The first-order valence-corrected chi connectivity index (χ1v) is 9.15. The van der Waals surface area contributed by atoms with Crippen LogP contribution >= 0.6 is 0 Å². The maximum atomic E-state index is 13.5. The van der Waals surface area contributed by atoms with E-state index in [1.54, 1.807) is 25.1 Å². The molecule has 0 aliphatic carbocycles. The van der Waals surface area contributed by atoms with Crippen LogP contribution in [-0.2, 0) is 6.18 Å². The Bertz CT molecular complexity index is 1240. The number of nitrogens with two attached hydrogens (primary N) is 1. The number of halogens is 3. The van der Waals surface area contributed by atoms with Crippen molar-refractivity contribution in [3.05, 3.63) is 77.5 Å². The number of alkyl halides is 3. The molecule has 30 heavy (non-hydrogen) atoms. The van der Waals surface area contributed by atoms with Gasteiger partial charge in [0.15, 0.2) is 5.82 Å². The Morgan fingerprint density at radius 1 is 1.03 bits per heavy atom. The molecule has 2 aromatic heterocycles. The van der Waals surface area contributed by atoms with E-state index in [2.05, 4.69) is 20.5 Å². The lowest BCUT2D eigenvalue weighted by atomic mass is 10.0. The number of para-hydroxylation sites is 1. The van der Waals surface area contributed by atoms with Crippen LogP contribution in [0.1, 0.15) is 16.7 Å². The van der Waals surface area contributed by atoms with Crippen LogP contribution in [-0.4, -0.2) is 15.2 Å². The first kappa shape index (κ1) is 19.5. The SMILES string of the molecule is Cc1cc(-c2ccccc2C(F)(F)F)nc(Nc2n[nH]c3ccccc23)c1/C=C\N. The van der Waals surface area contributed by atoms with E-state index < -0.39 is 11.7 Å². The van der Waals surface area contributed by atoms with Crippen LogP contribution in [0.2, 0.25) is 0 Å². The quantitative estimate of drug-likeness (QED) is 0.408. The number of fused-ring (bicyclic) bond motifs is 1. The topological polar surface area (TPSA) is 79.6 Å². The van der Waals surface area contributed by atoms with Gasteiger partial charge in [-0.3, -0.25) is 5.10 Å². The molecule has 0 aliphatic heterocycles. The third-order valence-electron chi connectivity index (χ3n) is 4.74. The molecule has 0 bridgehead atoms. The number of nitrogens with one attached hydrogen (secondary N) is 2. The van der Waals surface area contributed by atoms with Crippen LogP contribution in [0.4, 0.5) is 24.8 Å². The largest absolute Gasteiger partial charge is 0.417 e. The van der Waals surface area contributed by atoms with Crippen molar-refractivity contribution >= 4 is 28.6 Å². The molecule has 4 rings (SSSR count). The summed E-state index contributed by atoms with van der Waals surface area (Å²) in [6, 6.07) is 14.5. The number of H-pyrrole nitrogens is 1. The monoisotopic (exact) mass is 409 g/mol. The van der Waals surface area contributed by atoms with Gasteiger partial charge in [-0.1, -0.05) is 30.3 Å². The van der Waals surface area contributed by atoms with E-state index in [1.807, 2.05) is 24.3 Å². The predicted octanol–water partition coefficient (Wildman–Crippen LogP) is 5.63. The Morgan fingerprint density at radius 3 is 2.53 bits per heavy atom. The first-order valence-electron chi connectivity index (χ1n) is 9.15. The normalized spacial score (nSPS) is 12.0. The van der Waals surface area contributed by atoms with E-state index in [9.17, 15) is 13.2 Å². The van der Waals surface area contributed by atoms with Crippen molar-refractivity contribution in [3.63, 3.8) is 0 Å². The summed E-state index contributed by atoms with van der Waals surface area (Å²) >= 11 is 0. The van der Waals surface area contributed by atoms with Crippen LogP contribution in [0, 0.1) is 6.92 Å². The standard InChI is InChI=1S/C22H18F3N5/c1-13-12-19(15-6-2-4-8-17(15)22(23,24)25)27-20(14(13)10-11-26)28-21-16-7-3-5-9-18(16)29-30-21/h2-12H,26H2,1H3,(H2,27,28,29,30)/b11-10-. The van der Waals surface area contributed by atoms with Crippen molar-refractivity contribution in [1.29, 1.82) is 0 Å². The lowest BCUT2D eigenvalue weighted by Gasteiger charge is -2.16. The van der Waals surface area contributed by atoms with Crippen molar-refractivity contribution in [3.8, 4) is 11.3 Å². The maximum Gasteiger partial charge on any atom is 0.417 e. The summed E-state index contributed by atoms with van der Waals surface area (Å²) in [5.41, 5.74) is 7.27. The number of hydrogen-bond donors (Lipinski definition) is 3. The molecular weight excluding hydrogens is 391 g/mol. The van der Waals surface area contributed by atoms with Crippen LogP contribution in [0.15, 0.2) is 60.8 Å². The lowest BCUT2D eigenvalue weighted by molar-refractivity contribution is -0.137. The molecule has 0 unspecified atom stereocenters. The highest BCUT2D eigenvalue weighted by Crippen LogP contribution is 2.38. The maximum absolute atomic E-state index is 13.5. The van der Waals surface area contributed by atoms with E-state index in [0.29, 0.717) is 17.2 Å². The van der Waals surface area contributed by atoms with Gasteiger partial charge in [-0.25, -0.2) is 4.98 Å². The number of rotatable bonds is 4. The highest BCUT2D eigenvalue weighted by Gasteiger charge is 2.33. The summed E-state index contributed by atoms with van der Waals surface area (Å²) in [6.07, 6.45) is -1.48. The zero-order chi connectivity index (χ0) is 21.3. The fourth-order valence-corrected chi connectivity index (χ4v) is 3.35. The molecule has 0 fully saturated rings. The van der Waals surface area contributed by atoms with Crippen LogP contribution in [0.25, 0.3) is 28.2 Å². The molecule has 5 nitrogen and oxygen atoms in total. The Morgan fingerprint density at radius 2 is 1.77 bits per heavy atom. The lowest BCUT2D eigenvalue weighted by Crippen LogP contribution is -2.08. The van der Waals surface area contributed by atoms with Crippen molar-refractivity contribution < 1.29 is 13.2 Å². The number of benzene rings is 2. The van der Waals surface area contributed by atoms with Crippen LogP contribution < -0.4 is 11.1 Å². The second-order valence-electron chi connectivity index (χ2n) is 6.73. The average Bonchev–Trinajstić information content (AvgIpc) is 3.13. The fourth-order valence-electron chi connectivity index (χ4n) is 3.35. The Kier molecular flexibility index (Phi) is 4.91. The minimum atomic E-state index is -4.49. The fraction of sp³-hybridized carbons (Fsp3) is 0.0909. The third-order valence-corrected chi connectivity index (χ3v) is 4.74. The number of aromatic amines is 1. The van der Waals surface area contributed by atoms with E-state index in [0.717, 1.165) is 22.5 Å². The van der Waals surface area contributed by atoms with Gasteiger partial charge in [0.25, 0.3) is 0 Å². The van der Waals surface area contributed by atoms with E-state index >= 15 is 0 Å². The van der Waals surface area contributed by atoms with Crippen molar-refractivity contribution in [1.82, 2.24) is 15.2 Å². The number of aromatic nitrogens is 3. The molecule has 0 atom stereocenters. The van der Waals surface area contributed by atoms with Crippen LogP contribution in [0.3, 0.4) is 0 Å². The third kappa shape index (κ3) is 3.59. The Hall–Kier alpha value is -3.81. The summed E-state index contributed by atoms with van der Waals surface area (Å²) in [4.78, 5) is 4.51. The van der Waals surface area contributed by atoms with Gasteiger partial charge >= 0.3 is 6.18 Å². The van der Waals surface area contributed by atoms with Crippen molar-refractivity contribution in [2.45, 2.75) is 13.1 Å². The molecule has 2 aromatic carbocycles. The van der Waals surface area contributed by atoms with Gasteiger partial charge in [0.05, 0.1) is 16.8 Å². The second-order valence-corrected chi connectivity index (χ2v) is 6.73. The Balaban J connectivity index is 1.88. The zero-order valence-electron chi connectivity index (χ0n) is 16.0. The Labute approximate surface area is 170 Å². The predicted molar refractivity (Wildman–Crippen MR) is 112 cm³/mol. The smallest absolute Gasteiger partial charge is 0.405 e. The van der Waals surface area contributed by atoms with Gasteiger partial charge in [0, 0.05) is 16.5 Å². The zero-order valence-corrected chi connectivity index (χ0v) is 16.0. The van der Waals surface area contributed by atoms with Gasteiger partial charge in [0.1, 0.15) is 5.82 Å². The number of aryl methyl sites for hydroxylation is 1. The molecule has 0 radical (unpaired) electrons. The minimum Gasteiger partial charge on any atom is -0.405 e. The highest BCUT2D eigenvalue weighted by atomic mass is 19.4. The summed E-state index contributed by atoms with van der Waals surface area (Å²) in [7, 11) is 0. The number of anilines is 2. The summed E-state index contributed by atoms with van der Waals surface area (Å²) in [6.45, 7) is 1.80. The number of hydrogen-bond acceptors (Lipinski definition) is 4. The van der Waals surface area contributed by atoms with E-state index in [-0.39, 0.29) is 11.3 Å². The molecule has 2 heterocycles. The van der Waals surface area contributed by atoms with Gasteiger partial charge in [-0.15, -0.1) is 0 Å². The van der Waals surface area contributed by atoms with Gasteiger partial charge in [-0.2, -0.15) is 18.3 Å². The number of pyridine rings is 1. The average molecular weight is 409 g/mol.